The van der Waals surface area contributed by atoms with Crippen LogP contribution in [0.1, 0.15) is 76.5 Å². The highest BCUT2D eigenvalue weighted by atomic mass is 15.2. The molecule has 0 radical (unpaired) electrons. The molecule has 0 aliphatic heterocycles. The van der Waals surface area contributed by atoms with Crippen LogP contribution in [0.5, 0.6) is 0 Å². The Morgan fingerprint density at radius 1 is 0.889 bits per heavy atom. The molecule has 0 unspecified atom stereocenters. The van der Waals surface area contributed by atoms with E-state index in [0.717, 1.165) is 19.3 Å². The number of hydrogen-bond acceptors (Lipinski definition) is 2. The summed E-state index contributed by atoms with van der Waals surface area (Å²) in [6.45, 7) is 4.45. The monoisotopic (exact) mass is 251 g/mol. The fourth-order valence-corrected chi connectivity index (χ4v) is 2.41. The van der Waals surface area contributed by atoms with Crippen molar-refractivity contribution in [1.82, 2.24) is 10.2 Å². The van der Waals surface area contributed by atoms with Crippen molar-refractivity contribution in [3.05, 3.63) is 11.3 Å². The lowest BCUT2D eigenvalue weighted by Gasteiger charge is -2.03. The van der Waals surface area contributed by atoms with E-state index in [9.17, 15) is 0 Å². The molecule has 1 heterocycles. The topological polar surface area (TPSA) is 54.7 Å². The van der Waals surface area contributed by atoms with Gasteiger partial charge in [-0.25, -0.2) is 0 Å². The SMILES string of the molecule is CCCCCCCCCc1[nH]nc(N)c1CCC. The number of nitrogens with one attached hydrogen (secondary N) is 1. The van der Waals surface area contributed by atoms with Gasteiger partial charge in [-0.2, -0.15) is 5.10 Å². The van der Waals surface area contributed by atoms with Gasteiger partial charge in [0, 0.05) is 11.3 Å². The van der Waals surface area contributed by atoms with Gasteiger partial charge in [0.15, 0.2) is 0 Å². The van der Waals surface area contributed by atoms with Crippen molar-refractivity contribution in [2.75, 3.05) is 5.73 Å². The molecule has 1 rings (SSSR count). The first-order valence-corrected chi connectivity index (χ1v) is 7.61. The van der Waals surface area contributed by atoms with Crippen molar-refractivity contribution in [3.8, 4) is 0 Å². The molecule has 0 amide bonds. The lowest BCUT2D eigenvalue weighted by Crippen LogP contribution is -1.95. The second-order valence-electron chi connectivity index (χ2n) is 5.19. The number of hydrogen-bond donors (Lipinski definition) is 2. The van der Waals surface area contributed by atoms with Crippen molar-refractivity contribution >= 4 is 5.82 Å². The van der Waals surface area contributed by atoms with Gasteiger partial charge >= 0.3 is 0 Å². The molecule has 104 valence electrons. The minimum atomic E-state index is 0.704. The summed E-state index contributed by atoms with van der Waals surface area (Å²) in [4.78, 5) is 0. The van der Waals surface area contributed by atoms with Crippen LogP contribution in [0.15, 0.2) is 0 Å². The van der Waals surface area contributed by atoms with E-state index in [0.29, 0.717) is 5.82 Å². The molecule has 0 aliphatic carbocycles. The number of H-pyrrole nitrogens is 1. The van der Waals surface area contributed by atoms with Crippen LogP contribution in [0.2, 0.25) is 0 Å². The third-order valence-corrected chi connectivity index (χ3v) is 3.52. The zero-order valence-electron chi connectivity index (χ0n) is 12.1. The summed E-state index contributed by atoms with van der Waals surface area (Å²) in [5, 5.41) is 7.22. The van der Waals surface area contributed by atoms with Crippen molar-refractivity contribution < 1.29 is 0 Å². The molecule has 0 atom stereocenters. The molecular weight excluding hydrogens is 222 g/mol. The quantitative estimate of drug-likeness (QED) is 0.611. The van der Waals surface area contributed by atoms with E-state index in [1.54, 1.807) is 0 Å². The van der Waals surface area contributed by atoms with Gasteiger partial charge in [-0.3, -0.25) is 5.10 Å². The highest BCUT2D eigenvalue weighted by Gasteiger charge is 2.08. The first kappa shape index (κ1) is 15.1. The van der Waals surface area contributed by atoms with E-state index < -0.39 is 0 Å². The van der Waals surface area contributed by atoms with Gasteiger partial charge in [0.2, 0.25) is 0 Å². The minimum Gasteiger partial charge on any atom is -0.382 e. The highest BCUT2D eigenvalue weighted by Crippen LogP contribution is 2.18. The largest absolute Gasteiger partial charge is 0.382 e. The van der Waals surface area contributed by atoms with Crippen LogP contribution in [0, 0.1) is 0 Å². The van der Waals surface area contributed by atoms with Crippen LogP contribution in [0.25, 0.3) is 0 Å². The van der Waals surface area contributed by atoms with E-state index in [1.165, 1.54) is 56.2 Å². The van der Waals surface area contributed by atoms with Crippen molar-refractivity contribution in [1.29, 1.82) is 0 Å². The molecule has 0 fully saturated rings. The second kappa shape index (κ2) is 9.01. The van der Waals surface area contributed by atoms with Crippen LogP contribution in [-0.4, -0.2) is 10.2 Å². The first-order valence-electron chi connectivity index (χ1n) is 7.61. The average molecular weight is 251 g/mol. The van der Waals surface area contributed by atoms with E-state index in [4.69, 9.17) is 5.73 Å². The van der Waals surface area contributed by atoms with E-state index >= 15 is 0 Å². The van der Waals surface area contributed by atoms with Crippen LogP contribution in [0.4, 0.5) is 5.82 Å². The molecule has 3 heteroatoms. The number of unbranched alkanes of at least 4 members (excludes halogenated alkanes) is 6. The Balaban J connectivity index is 2.18. The summed E-state index contributed by atoms with van der Waals surface area (Å²) < 4.78 is 0. The zero-order valence-corrected chi connectivity index (χ0v) is 12.1. The van der Waals surface area contributed by atoms with Crippen LogP contribution in [-0.2, 0) is 12.8 Å². The highest BCUT2D eigenvalue weighted by molar-refractivity contribution is 5.42. The molecule has 0 saturated heterocycles. The number of aromatic amines is 1. The molecule has 1 aromatic heterocycles. The number of aromatic nitrogens is 2. The number of nitrogens with zero attached hydrogens (tertiary/aromatic N) is 1. The fourth-order valence-electron chi connectivity index (χ4n) is 2.41. The number of nitrogens with two attached hydrogens (primary N) is 1. The molecular formula is C15H29N3. The van der Waals surface area contributed by atoms with Crippen LogP contribution in [0.3, 0.4) is 0 Å². The zero-order chi connectivity index (χ0) is 13.2. The molecule has 3 N–H and O–H groups in total. The maximum atomic E-state index is 5.87. The molecule has 0 aliphatic rings. The first-order chi connectivity index (χ1) is 8.79. The number of anilines is 1. The summed E-state index contributed by atoms with van der Waals surface area (Å²) >= 11 is 0. The normalized spacial score (nSPS) is 11.0. The molecule has 0 saturated carbocycles. The summed E-state index contributed by atoms with van der Waals surface area (Å²) in [5.74, 6) is 0.704. The number of nitrogen functional groups attached to an aromatic ring is 1. The third-order valence-electron chi connectivity index (χ3n) is 3.52. The van der Waals surface area contributed by atoms with Gasteiger partial charge in [0.25, 0.3) is 0 Å². The van der Waals surface area contributed by atoms with Crippen molar-refractivity contribution in [3.63, 3.8) is 0 Å². The summed E-state index contributed by atoms with van der Waals surface area (Å²) in [6, 6.07) is 0. The Kier molecular flexibility index (Phi) is 7.54. The van der Waals surface area contributed by atoms with Crippen molar-refractivity contribution in [2.24, 2.45) is 0 Å². The second-order valence-corrected chi connectivity index (χ2v) is 5.19. The van der Waals surface area contributed by atoms with Gasteiger partial charge in [0.1, 0.15) is 5.82 Å². The summed E-state index contributed by atoms with van der Waals surface area (Å²) in [5.41, 5.74) is 8.39. The molecule has 0 spiro atoms. The fraction of sp³-hybridized carbons (Fsp3) is 0.800. The van der Waals surface area contributed by atoms with E-state index in [1.807, 2.05) is 0 Å². The number of rotatable bonds is 10. The van der Waals surface area contributed by atoms with Gasteiger partial charge in [-0.05, 0) is 19.3 Å². The molecule has 0 bridgehead atoms. The van der Waals surface area contributed by atoms with E-state index in [-0.39, 0.29) is 0 Å². The Morgan fingerprint density at radius 3 is 2.22 bits per heavy atom. The lowest BCUT2D eigenvalue weighted by atomic mass is 10.0. The average Bonchev–Trinajstić information content (AvgIpc) is 2.71. The van der Waals surface area contributed by atoms with Gasteiger partial charge in [-0.15, -0.1) is 0 Å². The third kappa shape index (κ3) is 5.11. The molecule has 18 heavy (non-hydrogen) atoms. The maximum absolute atomic E-state index is 5.87. The maximum Gasteiger partial charge on any atom is 0.148 e. The smallest absolute Gasteiger partial charge is 0.148 e. The van der Waals surface area contributed by atoms with Gasteiger partial charge in [0.05, 0.1) is 0 Å². The summed E-state index contributed by atoms with van der Waals surface area (Å²) in [6.07, 6.45) is 12.7. The Labute approximate surface area is 112 Å². The standard InChI is InChI=1S/C15H29N3/c1-3-5-6-7-8-9-10-12-14-13(11-4-2)15(16)18-17-14/h3-12H2,1-2H3,(H3,16,17,18). The van der Waals surface area contributed by atoms with E-state index in [2.05, 4.69) is 24.0 Å². The molecule has 3 nitrogen and oxygen atoms in total. The predicted molar refractivity (Wildman–Crippen MR) is 78.7 cm³/mol. The predicted octanol–water partition coefficient (Wildman–Crippen LogP) is 4.24. The van der Waals surface area contributed by atoms with Crippen LogP contribution >= 0.6 is 0 Å². The van der Waals surface area contributed by atoms with Gasteiger partial charge in [-0.1, -0.05) is 58.8 Å². The Hall–Kier alpha value is -0.990. The molecule has 0 aromatic carbocycles. The molecule has 1 aromatic rings. The summed E-state index contributed by atoms with van der Waals surface area (Å²) in [7, 11) is 0. The van der Waals surface area contributed by atoms with Crippen molar-refractivity contribution in [2.45, 2.75) is 78.1 Å². The van der Waals surface area contributed by atoms with Gasteiger partial charge < -0.3 is 5.73 Å². The minimum absolute atomic E-state index is 0.704. The Morgan fingerprint density at radius 2 is 1.56 bits per heavy atom. The number of aryl methyl sites for hydroxylation is 1. The Bertz CT molecular complexity index is 318. The van der Waals surface area contributed by atoms with Crippen LogP contribution < -0.4 is 5.73 Å². The lowest BCUT2D eigenvalue weighted by molar-refractivity contribution is 0.586.